The number of nitrogens with one attached hydrogen (secondary N) is 1. The smallest absolute Gasteiger partial charge is 0.345 e. The van der Waals surface area contributed by atoms with Gasteiger partial charge in [0.25, 0.3) is 0 Å². The van der Waals surface area contributed by atoms with Crippen LogP contribution in [0.4, 0.5) is 0 Å². The van der Waals surface area contributed by atoms with Crippen molar-refractivity contribution >= 4 is 17.3 Å². The minimum absolute atomic E-state index is 0.419. The van der Waals surface area contributed by atoms with Crippen LogP contribution in [0.15, 0.2) is 6.07 Å². The molecule has 0 bridgehead atoms. The molecule has 1 saturated carbocycles. The summed E-state index contributed by atoms with van der Waals surface area (Å²) in [5.74, 6) is -0.0105. The zero-order valence-electron chi connectivity index (χ0n) is 11.3. The largest absolute Gasteiger partial charge is 0.477 e. The molecule has 0 atom stereocenters. The second-order valence-electron chi connectivity index (χ2n) is 5.05. The third-order valence-corrected chi connectivity index (χ3v) is 4.32. The highest BCUT2D eigenvalue weighted by atomic mass is 32.1. The van der Waals surface area contributed by atoms with E-state index in [9.17, 15) is 4.79 Å². The van der Waals surface area contributed by atoms with E-state index >= 15 is 0 Å². The van der Waals surface area contributed by atoms with Gasteiger partial charge in [-0.05, 0) is 50.3 Å². The number of carbonyl (C=O) groups is 1. The summed E-state index contributed by atoms with van der Waals surface area (Å²) in [6.07, 6.45) is 3.67. The van der Waals surface area contributed by atoms with Gasteiger partial charge in [-0.15, -0.1) is 11.3 Å². The predicted octanol–water partition coefficient (Wildman–Crippen LogP) is 2.66. The van der Waals surface area contributed by atoms with Crippen LogP contribution in [-0.4, -0.2) is 30.8 Å². The summed E-state index contributed by atoms with van der Waals surface area (Å²) < 4.78 is 5.55. The van der Waals surface area contributed by atoms with Crippen molar-refractivity contribution in [1.29, 1.82) is 0 Å². The molecule has 1 aliphatic carbocycles. The summed E-state index contributed by atoms with van der Waals surface area (Å²) in [4.78, 5) is 12.3. The fourth-order valence-electron chi connectivity index (χ4n) is 1.86. The van der Waals surface area contributed by atoms with E-state index in [1.165, 1.54) is 24.2 Å². The van der Waals surface area contributed by atoms with Gasteiger partial charge in [-0.3, -0.25) is 0 Å². The molecule has 2 rings (SSSR count). The van der Waals surface area contributed by atoms with E-state index in [0.29, 0.717) is 4.88 Å². The minimum atomic E-state index is -0.840. The Morgan fingerprint density at radius 1 is 1.58 bits per heavy atom. The van der Waals surface area contributed by atoms with Crippen molar-refractivity contribution in [3.63, 3.8) is 0 Å². The SMILES string of the molecule is Cc1sc(C(=O)O)cc1CNCCCOCC1CC1. The molecule has 19 heavy (non-hydrogen) atoms. The van der Waals surface area contributed by atoms with Crippen LogP contribution in [-0.2, 0) is 11.3 Å². The van der Waals surface area contributed by atoms with Gasteiger partial charge in [-0.1, -0.05) is 0 Å². The number of hydrogen-bond acceptors (Lipinski definition) is 4. The predicted molar refractivity (Wildman–Crippen MR) is 75.9 cm³/mol. The molecule has 5 heteroatoms. The molecule has 1 fully saturated rings. The lowest BCUT2D eigenvalue weighted by atomic mass is 10.2. The van der Waals surface area contributed by atoms with Crippen LogP contribution in [0.3, 0.4) is 0 Å². The summed E-state index contributed by atoms with van der Waals surface area (Å²) in [6.45, 7) is 5.34. The summed E-state index contributed by atoms with van der Waals surface area (Å²) in [5.41, 5.74) is 1.08. The molecule has 0 aliphatic heterocycles. The number of rotatable bonds is 9. The van der Waals surface area contributed by atoms with Crippen molar-refractivity contribution in [2.24, 2.45) is 5.92 Å². The lowest BCUT2D eigenvalue weighted by molar-refractivity contribution is 0.0702. The normalized spacial score (nSPS) is 14.8. The zero-order chi connectivity index (χ0) is 13.7. The number of carboxylic acid groups (broad SMARTS) is 1. The van der Waals surface area contributed by atoms with Gasteiger partial charge in [0.05, 0.1) is 0 Å². The summed E-state index contributed by atoms with van der Waals surface area (Å²) in [6, 6.07) is 1.76. The van der Waals surface area contributed by atoms with E-state index in [0.717, 1.165) is 49.1 Å². The van der Waals surface area contributed by atoms with Gasteiger partial charge in [0.1, 0.15) is 4.88 Å². The molecule has 1 heterocycles. The highest BCUT2D eigenvalue weighted by Crippen LogP contribution is 2.28. The number of carboxylic acids is 1. The molecule has 0 aromatic carbocycles. The number of aryl methyl sites for hydroxylation is 1. The van der Waals surface area contributed by atoms with Gasteiger partial charge in [-0.2, -0.15) is 0 Å². The summed E-state index contributed by atoms with van der Waals surface area (Å²) >= 11 is 1.34. The van der Waals surface area contributed by atoms with E-state index in [1.54, 1.807) is 6.07 Å². The summed E-state index contributed by atoms with van der Waals surface area (Å²) in [7, 11) is 0. The van der Waals surface area contributed by atoms with Crippen LogP contribution >= 0.6 is 11.3 Å². The van der Waals surface area contributed by atoms with Crippen LogP contribution in [0.2, 0.25) is 0 Å². The molecule has 0 saturated heterocycles. The van der Waals surface area contributed by atoms with Gasteiger partial charge < -0.3 is 15.2 Å². The topological polar surface area (TPSA) is 58.6 Å². The maximum Gasteiger partial charge on any atom is 0.345 e. The van der Waals surface area contributed by atoms with Gasteiger partial charge in [-0.25, -0.2) is 4.79 Å². The lowest BCUT2D eigenvalue weighted by Gasteiger charge is -2.05. The molecule has 0 amide bonds. The Kier molecular flexibility index (Phi) is 5.36. The van der Waals surface area contributed by atoms with Crippen molar-refractivity contribution in [3.05, 3.63) is 21.4 Å². The first kappa shape index (κ1) is 14.5. The molecular formula is C14H21NO3S. The van der Waals surface area contributed by atoms with Crippen molar-refractivity contribution in [2.75, 3.05) is 19.8 Å². The Bertz CT molecular complexity index is 426. The fourth-order valence-corrected chi connectivity index (χ4v) is 2.74. The monoisotopic (exact) mass is 283 g/mol. The molecule has 2 N–H and O–H groups in total. The average Bonchev–Trinajstić information content (AvgIpc) is 3.11. The number of thiophene rings is 1. The molecular weight excluding hydrogens is 262 g/mol. The number of hydrogen-bond donors (Lipinski definition) is 2. The first-order chi connectivity index (χ1) is 9.16. The third-order valence-electron chi connectivity index (χ3n) is 3.24. The van der Waals surface area contributed by atoms with Gasteiger partial charge in [0, 0.05) is 24.6 Å². The molecule has 1 aromatic rings. The second kappa shape index (κ2) is 7.03. The first-order valence-electron chi connectivity index (χ1n) is 6.78. The Hall–Kier alpha value is -0.910. The zero-order valence-corrected chi connectivity index (χ0v) is 12.1. The fraction of sp³-hybridized carbons (Fsp3) is 0.643. The highest BCUT2D eigenvalue weighted by Gasteiger charge is 2.20. The van der Waals surface area contributed by atoms with Crippen molar-refractivity contribution in [1.82, 2.24) is 5.32 Å². The third kappa shape index (κ3) is 4.93. The molecule has 106 valence electrons. The van der Waals surface area contributed by atoms with Crippen molar-refractivity contribution in [3.8, 4) is 0 Å². The van der Waals surface area contributed by atoms with Crippen LogP contribution < -0.4 is 5.32 Å². The lowest BCUT2D eigenvalue weighted by Crippen LogP contribution is -2.16. The van der Waals surface area contributed by atoms with Crippen LogP contribution in [0, 0.1) is 12.8 Å². The van der Waals surface area contributed by atoms with E-state index in [4.69, 9.17) is 9.84 Å². The van der Waals surface area contributed by atoms with Crippen LogP contribution in [0.1, 0.15) is 39.4 Å². The van der Waals surface area contributed by atoms with Crippen molar-refractivity contribution < 1.29 is 14.6 Å². The quantitative estimate of drug-likeness (QED) is 0.684. The molecule has 0 unspecified atom stereocenters. The van der Waals surface area contributed by atoms with Gasteiger partial charge >= 0.3 is 5.97 Å². The maximum absolute atomic E-state index is 10.8. The van der Waals surface area contributed by atoms with Crippen molar-refractivity contribution in [2.45, 2.75) is 32.7 Å². The highest BCUT2D eigenvalue weighted by molar-refractivity contribution is 7.14. The molecule has 0 spiro atoms. The molecule has 0 radical (unpaired) electrons. The number of aromatic carboxylic acids is 1. The molecule has 1 aliphatic rings. The Labute approximate surface area is 117 Å². The summed E-state index contributed by atoms with van der Waals surface area (Å²) in [5, 5.41) is 12.2. The molecule has 1 aromatic heterocycles. The van der Waals surface area contributed by atoms with Gasteiger partial charge in [0.2, 0.25) is 0 Å². The Balaban J connectivity index is 1.57. The van der Waals surface area contributed by atoms with E-state index in [-0.39, 0.29) is 0 Å². The minimum Gasteiger partial charge on any atom is -0.477 e. The van der Waals surface area contributed by atoms with Crippen LogP contribution in [0.25, 0.3) is 0 Å². The van der Waals surface area contributed by atoms with E-state index < -0.39 is 5.97 Å². The first-order valence-corrected chi connectivity index (χ1v) is 7.59. The second-order valence-corrected chi connectivity index (χ2v) is 6.30. The van der Waals surface area contributed by atoms with Crippen LogP contribution in [0.5, 0.6) is 0 Å². The van der Waals surface area contributed by atoms with Gasteiger partial charge in [0.15, 0.2) is 0 Å². The van der Waals surface area contributed by atoms with E-state index in [2.05, 4.69) is 5.32 Å². The Morgan fingerprint density at radius 3 is 3.00 bits per heavy atom. The maximum atomic E-state index is 10.8. The molecule has 4 nitrogen and oxygen atoms in total. The number of ether oxygens (including phenoxy) is 1. The standard InChI is InChI=1S/C14H21NO3S/c1-10-12(7-13(19-10)14(16)17)8-15-5-2-6-18-9-11-3-4-11/h7,11,15H,2-6,8-9H2,1H3,(H,16,17). The Morgan fingerprint density at radius 2 is 2.37 bits per heavy atom. The van der Waals surface area contributed by atoms with E-state index in [1.807, 2.05) is 6.92 Å². The average molecular weight is 283 g/mol.